The van der Waals surface area contributed by atoms with Gasteiger partial charge in [0.25, 0.3) is 0 Å². The monoisotopic (exact) mass is 203 g/mol. The largest absolute Gasteiger partial charge is 0.390 e. The molecule has 1 amide bonds. The molecule has 0 fully saturated rings. The lowest BCUT2D eigenvalue weighted by molar-refractivity contribution is -0.118. The lowest BCUT2D eigenvalue weighted by atomic mass is 9.92. The van der Waals surface area contributed by atoms with Crippen LogP contribution >= 0.6 is 0 Å². The number of carbonyl (C=O) groups excluding carboxylic acids is 1. The number of carbonyl (C=O) groups is 1. The number of aliphatic hydroxyl groups excluding tert-OH is 1. The number of amides is 1. The van der Waals surface area contributed by atoms with E-state index >= 15 is 0 Å². The van der Waals surface area contributed by atoms with Gasteiger partial charge in [-0.05, 0) is 32.6 Å². The quantitative estimate of drug-likeness (QED) is 0.584. The van der Waals surface area contributed by atoms with Gasteiger partial charge in [0.1, 0.15) is 0 Å². The Morgan fingerprint density at radius 1 is 1.43 bits per heavy atom. The molecule has 1 unspecified atom stereocenters. The second kappa shape index (κ2) is 5.32. The zero-order valence-electron chi connectivity index (χ0n) is 9.16. The van der Waals surface area contributed by atoms with E-state index in [-0.39, 0.29) is 11.8 Å². The van der Waals surface area contributed by atoms with E-state index in [2.05, 4.69) is 0 Å². The van der Waals surface area contributed by atoms with Crippen molar-refractivity contribution in [3.8, 4) is 0 Å². The fourth-order valence-corrected chi connectivity index (χ4v) is 1.24. The van der Waals surface area contributed by atoms with Crippen molar-refractivity contribution in [2.45, 2.75) is 51.7 Å². The van der Waals surface area contributed by atoms with Gasteiger partial charge in [-0.1, -0.05) is 6.92 Å². The summed E-state index contributed by atoms with van der Waals surface area (Å²) in [4.78, 5) is 10.6. The molecule has 0 aromatic rings. The highest BCUT2D eigenvalue weighted by molar-refractivity contribution is 5.73. The zero-order chi connectivity index (χ0) is 11.4. The fourth-order valence-electron chi connectivity index (χ4n) is 1.24. The van der Waals surface area contributed by atoms with E-state index in [0.29, 0.717) is 19.3 Å². The first-order valence-corrected chi connectivity index (χ1v) is 4.92. The number of hydrogen-bond donors (Lipinski definition) is 3. The maximum absolute atomic E-state index is 10.6. The molecule has 0 rings (SSSR count). The second-order valence-electron chi connectivity index (χ2n) is 4.52. The molecule has 4 N–H and O–H groups in total. The molecule has 84 valence electrons. The highest BCUT2D eigenvalue weighted by atomic mass is 16.3. The second-order valence-corrected chi connectivity index (χ2v) is 4.52. The molecule has 0 aliphatic carbocycles. The Morgan fingerprint density at radius 2 is 1.93 bits per heavy atom. The van der Waals surface area contributed by atoms with Crippen LogP contribution in [0.5, 0.6) is 0 Å². The van der Waals surface area contributed by atoms with E-state index in [9.17, 15) is 15.0 Å². The number of rotatable bonds is 6. The molecule has 0 spiro atoms. The Kier molecular flexibility index (Phi) is 5.08. The van der Waals surface area contributed by atoms with Gasteiger partial charge in [0, 0.05) is 6.42 Å². The molecule has 2 atom stereocenters. The van der Waals surface area contributed by atoms with Crippen LogP contribution in [-0.2, 0) is 4.79 Å². The molecule has 4 heteroatoms. The van der Waals surface area contributed by atoms with Crippen LogP contribution in [0.4, 0.5) is 0 Å². The Morgan fingerprint density at radius 3 is 2.29 bits per heavy atom. The Labute approximate surface area is 85.1 Å². The first-order valence-electron chi connectivity index (χ1n) is 4.92. The predicted octanol–water partition coefficient (Wildman–Crippen LogP) is 0.410. The van der Waals surface area contributed by atoms with Gasteiger partial charge in [-0.2, -0.15) is 0 Å². The minimum Gasteiger partial charge on any atom is -0.390 e. The Balaban J connectivity index is 3.77. The summed E-state index contributed by atoms with van der Waals surface area (Å²) in [5.74, 6) is -0.167. The van der Waals surface area contributed by atoms with Crippen LogP contribution in [0.1, 0.15) is 40.0 Å². The minimum atomic E-state index is -1.08. The summed E-state index contributed by atoms with van der Waals surface area (Å²) in [6.07, 6.45) is 0.753. The van der Waals surface area contributed by atoms with Gasteiger partial charge in [-0.25, -0.2) is 0 Å². The molecule has 4 nitrogen and oxygen atoms in total. The molecule has 0 bridgehead atoms. The average molecular weight is 203 g/mol. The molecule has 0 radical (unpaired) electrons. The topological polar surface area (TPSA) is 83.6 Å². The van der Waals surface area contributed by atoms with Crippen LogP contribution in [0.2, 0.25) is 0 Å². The average Bonchev–Trinajstić information content (AvgIpc) is 1.96. The van der Waals surface area contributed by atoms with Crippen molar-refractivity contribution in [1.82, 2.24) is 0 Å². The summed E-state index contributed by atoms with van der Waals surface area (Å²) in [6.45, 7) is 5.04. The van der Waals surface area contributed by atoms with Crippen molar-refractivity contribution in [3.05, 3.63) is 0 Å². The third kappa shape index (κ3) is 5.94. The van der Waals surface area contributed by atoms with Crippen molar-refractivity contribution in [2.75, 3.05) is 0 Å². The molecule has 0 saturated heterocycles. The van der Waals surface area contributed by atoms with E-state index < -0.39 is 11.7 Å². The van der Waals surface area contributed by atoms with Crippen LogP contribution in [0.25, 0.3) is 0 Å². The van der Waals surface area contributed by atoms with Gasteiger partial charge < -0.3 is 15.9 Å². The first-order chi connectivity index (χ1) is 6.23. The van der Waals surface area contributed by atoms with E-state index in [1.807, 2.05) is 6.92 Å². The van der Waals surface area contributed by atoms with Crippen LogP contribution in [0.3, 0.4) is 0 Å². The number of primary amides is 1. The Bertz CT molecular complexity index is 186. The molecular weight excluding hydrogens is 182 g/mol. The predicted molar refractivity (Wildman–Crippen MR) is 54.5 cm³/mol. The van der Waals surface area contributed by atoms with Crippen molar-refractivity contribution >= 4 is 5.91 Å². The van der Waals surface area contributed by atoms with Gasteiger partial charge in [-0.15, -0.1) is 0 Å². The van der Waals surface area contributed by atoms with Crippen LogP contribution in [0, 0.1) is 5.92 Å². The maximum atomic E-state index is 10.6. The van der Waals surface area contributed by atoms with E-state index in [0.717, 1.165) is 0 Å². The maximum Gasteiger partial charge on any atom is 0.217 e. The van der Waals surface area contributed by atoms with E-state index in [1.165, 1.54) is 0 Å². The molecular formula is C10H21NO3. The smallest absolute Gasteiger partial charge is 0.217 e. The fraction of sp³-hybridized carbons (Fsp3) is 0.900. The van der Waals surface area contributed by atoms with Crippen molar-refractivity contribution in [2.24, 2.45) is 11.7 Å². The van der Waals surface area contributed by atoms with Crippen LogP contribution < -0.4 is 5.73 Å². The standard InChI is InChI=1S/C10H21NO3/c1-7(6-9(11)13)4-5-8(12)10(2,3)14/h7-8,12,14H,4-6H2,1-3H3,(H2,11,13)/t7?,8-/m1/s1. The third-order valence-corrected chi connectivity index (χ3v) is 2.30. The number of nitrogens with two attached hydrogens (primary N) is 1. The molecule has 14 heavy (non-hydrogen) atoms. The van der Waals surface area contributed by atoms with Gasteiger partial charge >= 0.3 is 0 Å². The van der Waals surface area contributed by atoms with E-state index in [4.69, 9.17) is 5.73 Å². The highest BCUT2D eigenvalue weighted by Gasteiger charge is 2.24. The van der Waals surface area contributed by atoms with Crippen molar-refractivity contribution in [1.29, 1.82) is 0 Å². The molecule has 0 aliphatic rings. The summed E-state index contributed by atoms with van der Waals surface area (Å²) in [7, 11) is 0. The lowest BCUT2D eigenvalue weighted by Crippen LogP contribution is -2.36. The summed E-state index contributed by atoms with van der Waals surface area (Å²) >= 11 is 0. The lowest BCUT2D eigenvalue weighted by Gasteiger charge is -2.25. The third-order valence-electron chi connectivity index (χ3n) is 2.30. The number of aliphatic hydroxyl groups is 2. The molecule has 0 aromatic carbocycles. The van der Waals surface area contributed by atoms with E-state index in [1.54, 1.807) is 13.8 Å². The first kappa shape index (κ1) is 13.4. The normalized spacial score (nSPS) is 16.4. The van der Waals surface area contributed by atoms with Crippen LogP contribution in [-0.4, -0.2) is 27.8 Å². The minimum absolute atomic E-state index is 0.157. The summed E-state index contributed by atoms with van der Waals surface area (Å²) < 4.78 is 0. The van der Waals surface area contributed by atoms with Gasteiger partial charge in [0.2, 0.25) is 5.91 Å². The van der Waals surface area contributed by atoms with Gasteiger partial charge in [0.15, 0.2) is 0 Å². The summed E-state index contributed by atoms with van der Waals surface area (Å²) in [6, 6.07) is 0. The SMILES string of the molecule is CC(CC[C@@H](O)C(C)(C)O)CC(N)=O. The van der Waals surface area contributed by atoms with Gasteiger partial charge in [-0.3, -0.25) is 4.79 Å². The van der Waals surface area contributed by atoms with Crippen molar-refractivity contribution in [3.63, 3.8) is 0 Å². The Hall–Kier alpha value is -0.610. The number of hydrogen-bond acceptors (Lipinski definition) is 3. The highest BCUT2D eigenvalue weighted by Crippen LogP contribution is 2.18. The van der Waals surface area contributed by atoms with Crippen molar-refractivity contribution < 1.29 is 15.0 Å². The molecule has 0 aromatic heterocycles. The summed E-state index contributed by atoms with van der Waals surface area (Å²) in [5, 5.41) is 18.9. The molecule has 0 heterocycles. The zero-order valence-corrected chi connectivity index (χ0v) is 9.16. The molecule has 0 saturated carbocycles. The molecule has 0 aliphatic heterocycles. The van der Waals surface area contributed by atoms with Gasteiger partial charge in [0.05, 0.1) is 11.7 Å². The summed E-state index contributed by atoms with van der Waals surface area (Å²) in [5.41, 5.74) is 3.96. The van der Waals surface area contributed by atoms with Crippen LogP contribution in [0.15, 0.2) is 0 Å².